The van der Waals surface area contributed by atoms with E-state index in [2.05, 4.69) is 16.9 Å². The molecule has 1 atom stereocenters. The minimum Gasteiger partial charge on any atom is -0.325 e. The number of carbonyl (C=O) groups is 1. The number of para-hydroxylation sites is 1. The Morgan fingerprint density at radius 2 is 2.07 bits per heavy atom. The van der Waals surface area contributed by atoms with E-state index in [0.717, 1.165) is 5.69 Å². The van der Waals surface area contributed by atoms with Gasteiger partial charge in [0.25, 0.3) is 5.56 Å². The van der Waals surface area contributed by atoms with Crippen LogP contribution in [0.4, 0.5) is 5.69 Å². The average Bonchev–Trinajstić information content (AvgIpc) is 2.65. The van der Waals surface area contributed by atoms with E-state index >= 15 is 0 Å². The molecule has 5 nitrogen and oxygen atoms in total. The van der Waals surface area contributed by atoms with Crippen LogP contribution in [0.5, 0.6) is 0 Å². The number of allylic oxidation sites excluding steroid dienone is 1. The van der Waals surface area contributed by atoms with Crippen LogP contribution in [0.1, 0.15) is 6.92 Å². The Kier molecular flexibility index (Phi) is 5.98. The number of anilines is 1. The number of amides is 1. The molecule has 0 saturated carbocycles. The van der Waals surface area contributed by atoms with E-state index in [1.807, 2.05) is 30.3 Å². The van der Waals surface area contributed by atoms with E-state index in [1.165, 1.54) is 16.3 Å². The molecule has 1 heterocycles. The molecule has 0 aliphatic carbocycles. The first-order valence-corrected chi connectivity index (χ1v) is 9.59. The Morgan fingerprint density at radius 3 is 2.78 bits per heavy atom. The first-order chi connectivity index (χ1) is 13.0. The van der Waals surface area contributed by atoms with Crippen LogP contribution in [0.3, 0.4) is 0 Å². The monoisotopic (exact) mass is 399 g/mol. The number of fused-ring (bicyclic) bond motifs is 1. The van der Waals surface area contributed by atoms with Crippen molar-refractivity contribution < 1.29 is 4.79 Å². The van der Waals surface area contributed by atoms with E-state index in [-0.39, 0.29) is 11.5 Å². The van der Waals surface area contributed by atoms with Gasteiger partial charge in [0.1, 0.15) is 0 Å². The van der Waals surface area contributed by atoms with Gasteiger partial charge >= 0.3 is 0 Å². The quantitative estimate of drug-likeness (QED) is 0.380. The minimum absolute atomic E-state index is 0.170. The fourth-order valence-corrected chi connectivity index (χ4v) is 3.62. The number of halogens is 1. The molecule has 1 amide bonds. The van der Waals surface area contributed by atoms with Crippen molar-refractivity contribution in [3.63, 3.8) is 0 Å². The number of nitrogens with zero attached hydrogens (tertiary/aromatic N) is 2. The van der Waals surface area contributed by atoms with Gasteiger partial charge in [0.15, 0.2) is 5.16 Å². The second kappa shape index (κ2) is 8.41. The number of hydrogen-bond acceptors (Lipinski definition) is 4. The van der Waals surface area contributed by atoms with Gasteiger partial charge in [0.2, 0.25) is 5.91 Å². The molecule has 3 rings (SSSR count). The Hall–Kier alpha value is -2.57. The second-order valence-electron chi connectivity index (χ2n) is 5.88. The van der Waals surface area contributed by atoms with E-state index in [0.29, 0.717) is 27.6 Å². The molecule has 27 heavy (non-hydrogen) atoms. The lowest BCUT2D eigenvalue weighted by Crippen LogP contribution is -2.26. The van der Waals surface area contributed by atoms with Crippen LogP contribution in [0.15, 0.2) is 71.1 Å². The van der Waals surface area contributed by atoms with Gasteiger partial charge in [-0.25, -0.2) is 4.98 Å². The van der Waals surface area contributed by atoms with Gasteiger partial charge in [0.05, 0.1) is 16.2 Å². The van der Waals surface area contributed by atoms with Gasteiger partial charge in [0, 0.05) is 17.3 Å². The molecular weight excluding hydrogens is 382 g/mol. The number of nitrogens with one attached hydrogen (secondary N) is 1. The lowest BCUT2D eigenvalue weighted by molar-refractivity contribution is -0.115. The number of benzene rings is 2. The Bertz CT molecular complexity index is 1050. The molecule has 7 heteroatoms. The molecule has 0 aliphatic heterocycles. The zero-order valence-corrected chi connectivity index (χ0v) is 16.3. The van der Waals surface area contributed by atoms with E-state index in [4.69, 9.17) is 11.6 Å². The van der Waals surface area contributed by atoms with Crippen molar-refractivity contribution in [2.45, 2.75) is 23.9 Å². The molecule has 0 saturated heterocycles. The molecular formula is C20H18ClN3O2S. The van der Waals surface area contributed by atoms with Gasteiger partial charge < -0.3 is 5.32 Å². The van der Waals surface area contributed by atoms with E-state index < -0.39 is 5.25 Å². The Morgan fingerprint density at radius 1 is 1.33 bits per heavy atom. The summed E-state index contributed by atoms with van der Waals surface area (Å²) in [6.45, 7) is 5.78. The minimum atomic E-state index is -0.454. The van der Waals surface area contributed by atoms with Crippen LogP contribution in [0, 0.1) is 0 Å². The fourth-order valence-electron chi connectivity index (χ4n) is 2.53. The third-order valence-electron chi connectivity index (χ3n) is 3.89. The standard InChI is InChI=1S/C20H18ClN3O2S/c1-3-11-24-19(26)16-10-9-14(21)12-17(16)23-20(24)27-13(2)18(25)22-15-7-5-4-6-8-15/h3-10,12-13H,1,11H2,2H3,(H,22,25). The summed E-state index contributed by atoms with van der Waals surface area (Å²) in [5.41, 5.74) is 1.04. The third kappa shape index (κ3) is 4.40. The van der Waals surface area contributed by atoms with Crippen LogP contribution >= 0.6 is 23.4 Å². The topological polar surface area (TPSA) is 64.0 Å². The summed E-state index contributed by atoms with van der Waals surface area (Å²) in [4.78, 5) is 29.9. The lowest BCUT2D eigenvalue weighted by atomic mass is 10.2. The highest BCUT2D eigenvalue weighted by atomic mass is 35.5. The maximum atomic E-state index is 12.8. The van der Waals surface area contributed by atoms with Crippen LogP contribution < -0.4 is 10.9 Å². The highest BCUT2D eigenvalue weighted by Crippen LogP contribution is 2.24. The molecule has 0 spiro atoms. The van der Waals surface area contributed by atoms with E-state index in [1.54, 1.807) is 31.2 Å². The summed E-state index contributed by atoms with van der Waals surface area (Å²) < 4.78 is 1.51. The molecule has 0 radical (unpaired) electrons. The van der Waals surface area contributed by atoms with E-state index in [9.17, 15) is 9.59 Å². The summed E-state index contributed by atoms with van der Waals surface area (Å²) in [5, 5.41) is 3.83. The summed E-state index contributed by atoms with van der Waals surface area (Å²) in [7, 11) is 0. The predicted molar refractivity (Wildman–Crippen MR) is 112 cm³/mol. The first-order valence-electron chi connectivity index (χ1n) is 8.33. The highest BCUT2D eigenvalue weighted by molar-refractivity contribution is 8.00. The first kappa shape index (κ1) is 19.2. The molecule has 0 bridgehead atoms. The number of carbonyl (C=O) groups excluding carboxylic acids is 1. The van der Waals surface area contributed by atoms with Crippen LogP contribution in [-0.4, -0.2) is 20.7 Å². The summed E-state index contributed by atoms with van der Waals surface area (Å²) >= 11 is 7.26. The van der Waals surface area contributed by atoms with Crippen molar-refractivity contribution >= 4 is 45.9 Å². The molecule has 3 aromatic rings. The van der Waals surface area contributed by atoms with Crippen LogP contribution in [-0.2, 0) is 11.3 Å². The van der Waals surface area contributed by atoms with Crippen molar-refractivity contribution in [3.8, 4) is 0 Å². The lowest BCUT2D eigenvalue weighted by Gasteiger charge is -2.15. The average molecular weight is 400 g/mol. The third-order valence-corrected chi connectivity index (χ3v) is 5.21. The van der Waals surface area contributed by atoms with Crippen LogP contribution in [0.2, 0.25) is 5.02 Å². The molecule has 2 aromatic carbocycles. The summed E-state index contributed by atoms with van der Waals surface area (Å²) in [6, 6.07) is 14.2. The number of thioether (sulfide) groups is 1. The summed E-state index contributed by atoms with van der Waals surface area (Å²) in [6.07, 6.45) is 1.63. The molecule has 1 unspecified atom stereocenters. The van der Waals surface area contributed by atoms with Crippen molar-refractivity contribution in [3.05, 3.63) is 76.6 Å². The molecule has 0 aliphatic rings. The zero-order chi connectivity index (χ0) is 19.4. The fraction of sp³-hybridized carbons (Fsp3) is 0.150. The SMILES string of the molecule is C=CCn1c(SC(C)C(=O)Nc2ccccc2)nc2cc(Cl)ccc2c1=O. The Labute approximate surface area is 166 Å². The molecule has 1 aromatic heterocycles. The maximum absolute atomic E-state index is 12.8. The van der Waals surface area contributed by atoms with Crippen molar-refractivity contribution in [1.29, 1.82) is 0 Å². The van der Waals surface area contributed by atoms with Crippen molar-refractivity contribution in [2.75, 3.05) is 5.32 Å². The van der Waals surface area contributed by atoms with Gasteiger partial charge in [-0.15, -0.1) is 6.58 Å². The predicted octanol–water partition coefficient (Wildman–Crippen LogP) is 4.36. The second-order valence-corrected chi connectivity index (χ2v) is 7.62. The van der Waals surface area contributed by atoms with Gasteiger partial charge in [-0.1, -0.05) is 47.6 Å². The zero-order valence-electron chi connectivity index (χ0n) is 14.7. The number of aromatic nitrogens is 2. The summed E-state index contributed by atoms with van der Waals surface area (Å²) in [5.74, 6) is -0.170. The smallest absolute Gasteiger partial charge is 0.262 e. The van der Waals surface area contributed by atoms with Crippen LogP contribution in [0.25, 0.3) is 10.9 Å². The van der Waals surface area contributed by atoms with Gasteiger partial charge in [-0.05, 0) is 37.3 Å². The Balaban J connectivity index is 1.92. The van der Waals surface area contributed by atoms with Gasteiger partial charge in [-0.3, -0.25) is 14.2 Å². The van der Waals surface area contributed by atoms with Crippen molar-refractivity contribution in [2.24, 2.45) is 0 Å². The van der Waals surface area contributed by atoms with Crippen molar-refractivity contribution in [1.82, 2.24) is 9.55 Å². The molecule has 1 N–H and O–H groups in total. The molecule has 0 fully saturated rings. The largest absolute Gasteiger partial charge is 0.325 e. The van der Waals surface area contributed by atoms with Gasteiger partial charge in [-0.2, -0.15) is 0 Å². The maximum Gasteiger partial charge on any atom is 0.262 e. The molecule has 138 valence electrons. The normalized spacial score (nSPS) is 11.9. The number of hydrogen-bond donors (Lipinski definition) is 1. The number of rotatable bonds is 6. The highest BCUT2D eigenvalue weighted by Gasteiger charge is 2.19.